The molecule has 0 aliphatic carbocycles. The highest BCUT2D eigenvalue weighted by molar-refractivity contribution is 7.78. The minimum absolute atomic E-state index is 0.480. The van der Waals surface area contributed by atoms with E-state index in [-0.39, 0.29) is 0 Å². The summed E-state index contributed by atoms with van der Waals surface area (Å²) in [4.78, 5) is 3.76. The van der Waals surface area contributed by atoms with Crippen molar-refractivity contribution in [2.24, 2.45) is 4.99 Å². The predicted molar refractivity (Wildman–Crippen MR) is 63.0 cm³/mol. The summed E-state index contributed by atoms with van der Waals surface area (Å²) in [5.74, 6) is 1.49. The quantitative estimate of drug-likeness (QED) is 0.422. The third-order valence-corrected chi connectivity index (χ3v) is 1.80. The molecule has 0 bridgehead atoms. The van der Waals surface area contributed by atoms with Gasteiger partial charge in [-0.3, -0.25) is 0 Å². The number of para-hydroxylation sites is 2. The lowest BCUT2D eigenvalue weighted by Crippen LogP contribution is -2.02. The molecule has 0 saturated heterocycles. The van der Waals surface area contributed by atoms with E-state index in [4.69, 9.17) is 9.47 Å². The summed E-state index contributed by atoms with van der Waals surface area (Å²) in [6.45, 7) is 3.56. The molecule has 0 aromatic heterocycles. The highest BCUT2D eigenvalue weighted by atomic mass is 32.1. The van der Waals surface area contributed by atoms with E-state index in [2.05, 4.69) is 22.4 Å². The van der Waals surface area contributed by atoms with Gasteiger partial charge in [-0.1, -0.05) is 12.1 Å². The van der Waals surface area contributed by atoms with E-state index in [0.29, 0.717) is 19.8 Å². The lowest BCUT2D eigenvalue weighted by atomic mass is 10.3. The van der Waals surface area contributed by atoms with Crippen LogP contribution < -0.4 is 9.47 Å². The first kappa shape index (κ1) is 11.7. The normalized spacial score (nSPS) is 9.13. The monoisotopic (exact) mass is 223 g/mol. The Kier molecular flexibility index (Phi) is 5.44. The molecule has 4 heteroatoms. The van der Waals surface area contributed by atoms with Gasteiger partial charge >= 0.3 is 0 Å². The Bertz CT molecular complexity index is 348. The van der Waals surface area contributed by atoms with E-state index in [0.717, 1.165) is 11.5 Å². The number of aliphatic imine (C=N–C) groups is 1. The molecule has 0 unspecified atom stereocenters. The minimum Gasteiger partial charge on any atom is -0.490 e. The van der Waals surface area contributed by atoms with Gasteiger partial charge in [-0.05, 0) is 31.3 Å². The highest BCUT2D eigenvalue weighted by Crippen LogP contribution is 2.25. The highest BCUT2D eigenvalue weighted by Gasteiger charge is 2.01. The lowest BCUT2D eigenvalue weighted by molar-refractivity contribution is 0.283. The summed E-state index contributed by atoms with van der Waals surface area (Å²) >= 11 is 4.45. The lowest BCUT2D eigenvalue weighted by Gasteiger charge is -2.10. The summed E-state index contributed by atoms with van der Waals surface area (Å²) < 4.78 is 10.9. The predicted octanol–water partition coefficient (Wildman–Crippen LogP) is 2.57. The second-order valence-corrected chi connectivity index (χ2v) is 2.88. The Morgan fingerprint density at radius 1 is 1.27 bits per heavy atom. The molecular weight excluding hydrogens is 210 g/mol. The molecule has 1 aromatic carbocycles. The Hall–Kier alpha value is -1.38. The standard InChI is InChI=1S/C11H13NO2S/c1-2-13-10-5-3-4-6-11(10)14-8-7-12-9-15/h3-6H,2,7-8H2,1H3. The third kappa shape index (κ3) is 4.11. The fraction of sp³-hybridized carbons (Fsp3) is 0.364. The van der Waals surface area contributed by atoms with Crippen LogP contribution in [0.25, 0.3) is 0 Å². The molecule has 0 aliphatic rings. The van der Waals surface area contributed by atoms with E-state index in [1.54, 1.807) is 0 Å². The zero-order valence-electron chi connectivity index (χ0n) is 8.60. The van der Waals surface area contributed by atoms with Crippen LogP contribution in [0.1, 0.15) is 6.92 Å². The number of thiocarbonyl (C=S) groups is 1. The van der Waals surface area contributed by atoms with E-state index in [1.807, 2.05) is 31.2 Å². The van der Waals surface area contributed by atoms with Gasteiger partial charge in [0.15, 0.2) is 11.5 Å². The SMILES string of the molecule is CCOc1ccccc1OCCN=C=S. The Balaban J connectivity index is 2.54. The smallest absolute Gasteiger partial charge is 0.161 e. The van der Waals surface area contributed by atoms with Crippen LogP contribution in [0.5, 0.6) is 11.5 Å². The Labute approximate surface area is 94.7 Å². The molecule has 1 rings (SSSR count). The average Bonchev–Trinajstić information content (AvgIpc) is 2.27. The summed E-state index contributed by atoms with van der Waals surface area (Å²) in [6, 6.07) is 7.56. The van der Waals surface area contributed by atoms with Gasteiger partial charge in [0.2, 0.25) is 0 Å². The summed E-state index contributed by atoms with van der Waals surface area (Å²) in [5.41, 5.74) is 0. The number of hydrogen-bond acceptors (Lipinski definition) is 4. The van der Waals surface area contributed by atoms with Crippen molar-refractivity contribution in [2.75, 3.05) is 19.8 Å². The van der Waals surface area contributed by atoms with Crippen molar-refractivity contribution in [3.05, 3.63) is 24.3 Å². The number of rotatable bonds is 6. The van der Waals surface area contributed by atoms with Gasteiger partial charge in [0, 0.05) is 0 Å². The first-order valence-electron chi connectivity index (χ1n) is 4.76. The first-order valence-corrected chi connectivity index (χ1v) is 5.17. The maximum atomic E-state index is 5.49. The molecule has 0 aliphatic heterocycles. The zero-order valence-corrected chi connectivity index (χ0v) is 9.42. The van der Waals surface area contributed by atoms with Crippen LogP contribution >= 0.6 is 12.2 Å². The molecule has 0 saturated carbocycles. The number of hydrogen-bond donors (Lipinski definition) is 0. The van der Waals surface area contributed by atoms with Crippen LogP contribution in [0, 0.1) is 0 Å². The van der Waals surface area contributed by atoms with Crippen LogP contribution in [0.3, 0.4) is 0 Å². The molecule has 80 valence electrons. The first-order chi connectivity index (χ1) is 7.38. The van der Waals surface area contributed by atoms with E-state index < -0.39 is 0 Å². The van der Waals surface area contributed by atoms with Gasteiger partial charge in [-0.25, -0.2) is 4.99 Å². The fourth-order valence-electron chi connectivity index (χ4n) is 1.09. The Morgan fingerprint density at radius 2 is 1.93 bits per heavy atom. The van der Waals surface area contributed by atoms with Gasteiger partial charge in [0.05, 0.1) is 18.3 Å². The van der Waals surface area contributed by atoms with Crippen molar-refractivity contribution < 1.29 is 9.47 Å². The molecule has 0 heterocycles. The number of benzene rings is 1. The van der Waals surface area contributed by atoms with Crippen molar-refractivity contribution >= 4 is 17.4 Å². The molecule has 1 aromatic rings. The van der Waals surface area contributed by atoms with Crippen molar-refractivity contribution in [3.8, 4) is 11.5 Å². The van der Waals surface area contributed by atoms with Crippen LogP contribution in [0.2, 0.25) is 0 Å². The second kappa shape index (κ2) is 6.98. The van der Waals surface area contributed by atoms with E-state index >= 15 is 0 Å². The topological polar surface area (TPSA) is 30.8 Å². The van der Waals surface area contributed by atoms with Gasteiger partial charge in [0.1, 0.15) is 6.61 Å². The maximum absolute atomic E-state index is 5.49. The number of ether oxygens (including phenoxy) is 2. The van der Waals surface area contributed by atoms with Gasteiger partial charge in [0.25, 0.3) is 0 Å². The molecule has 0 amide bonds. The molecule has 0 N–H and O–H groups in total. The number of nitrogens with zero attached hydrogens (tertiary/aromatic N) is 1. The van der Waals surface area contributed by atoms with Gasteiger partial charge < -0.3 is 9.47 Å². The van der Waals surface area contributed by atoms with Gasteiger partial charge in [-0.2, -0.15) is 0 Å². The maximum Gasteiger partial charge on any atom is 0.161 e. The van der Waals surface area contributed by atoms with Crippen LogP contribution in [0.15, 0.2) is 29.3 Å². The fourth-order valence-corrected chi connectivity index (χ4v) is 1.18. The molecule has 0 atom stereocenters. The van der Waals surface area contributed by atoms with Crippen molar-refractivity contribution in [2.45, 2.75) is 6.92 Å². The van der Waals surface area contributed by atoms with Crippen molar-refractivity contribution in [1.82, 2.24) is 0 Å². The van der Waals surface area contributed by atoms with Gasteiger partial charge in [-0.15, -0.1) is 0 Å². The molecular formula is C11H13NO2S. The molecule has 0 spiro atoms. The molecule has 3 nitrogen and oxygen atoms in total. The summed E-state index contributed by atoms with van der Waals surface area (Å²) in [7, 11) is 0. The zero-order chi connectivity index (χ0) is 10.9. The van der Waals surface area contributed by atoms with Crippen molar-refractivity contribution in [3.63, 3.8) is 0 Å². The van der Waals surface area contributed by atoms with E-state index in [1.165, 1.54) is 0 Å². The summed E-state index contributed by atoms with van der Waals surface area (Å²) in [6.07, 6.45) is 0. The van der Waals surface area contributed by atoms with Crippen LogP contribution in [-0.4, -0.2) is 24.9 Å². The summed E-state index contributed by atoms with van der Waals surface area (Å²) in [5, 5.41) is 2.29. The average molecular weight is 223 g/mol. The van der Waals surface area contributed by atoms with Crippen LogP contribution in [0.4, 0.5) is 0 Å². The molecule has 15 heavy (non-hydrogen) atoms. The largest absolute Gasteiger partial charge is 0.490 e. The number of isothiocyanates is 1. The molecule has 0 fully saturated rings. The van der Waals surface area contributed by atoms with Crippen molar-refractivity contribution in [1.29, 1.82) is 0 Å². The van der Waals surface area contributed by atoms with E-state index in [9.17, 15) is 0 Å². The van der Waals surface area contributed by atoms with Crippen LogP contribution in [-0.2, 0) is 0 Å². The second-order valence-electron chi connectivity index (χ2n) is 2.70. The Morgan fingerprint density at radius 3 is 2.53 bits per heavy atom. The third-order valence-electron chi connectivity index (χ3n) is 1.67. The molecule has 0 radical (unpaired) electrons. The minimum atomic E-state index is 0.480.